The largest absolute Gasteiger partial charge is 0.469 e. The third kappa shape index (κ3) is 4.21. The molecule has 7 heteroatoms. The molecular weight excluding hydrogens is 411 g/mol. The Labute approximate surface area is 179 Å². The molecule has 29 heavy (non-hydrogen) atoms. The number of carbonyl (C=O) groups excluding carboxylic acids is 2. The molecule has 0 aliphatic heterocycles. The van der Waals surface area contributed by atoms with Crippen LogP contribution in [0, 0.1) is 20.8 Å². The molecule has 1 heterocycles. The Morgan fingerprint density at radius 3 is 2.34 bits per heavy atom. The molecule has 0 amide bonds. The van der Waals surface area contributed by atoms with Gasteiger partial charge in [-0.1, -0.05) is 53.0 Å². The predicted octanol–water partition coefficient (Wildman–Crippen LogP) is 5.14. The lowest BCUT2D eigenvalue weighted by molar-refractivity contribution is 0.0908. The first-order valence-electron chi connectivity index (χ1n) is 8.96. The summed E-state index contributed by atoms with van der Waals surface area (Å²) >= 11 is 12.4. The number of carbonyl (C=O) groups is 2. The molecule has 0 aliphatic rings. The molecule has 0 unspecified atom stereocenters. The van der Waals surface area contributed by atoms with Crippen molar-refractivity contribution in [1.82, 2.24) is 9.78 Å². The number of hydrogen-bond acceptors (Lipinski definition) is 4. The van der Waals surface area contributed by atoms with E-state index in [0.717, 1.165) is 5.56 Å². The van der Waals surface area contributed by atoms with Crippen LogP contribution in [0.3, 0.4) is 0 Å². The topological polar surface area (TPSA) is 61.2 Å². The van der Waals surface area contributed by atoms with Gasteiger partial charge in [0.15, 0.2) is 12.4 Å². The van der Waals surface area contributed by atoms with E-state index < -0.39 is 0 Å². The summed E-state index contributed by atoms with van der Waals surface area (Å²) in [4.78, 5) is 25.7. The van der Waals surface area contributed by atoms with Crippen molar-refractivity contribution in [2.75, 3.05) is 6.61 Å². The van der Waals surface area contributed by atoms with Gasteiger partial charge < -0.3 is 4.74 Å². The van der Waals surface area contributed by atoms with Crippen LogP contribution in [0.15, 0.2) is 36.4 Å². The summed E-state index contributed by atoms with van der Waals surface area (Å²) < 4.78 is 7.18. The van der Waals surface area contributed by atoms with Gasteiger partial charge in [-0.25, -0.2) is 4.68 Å². The van der Waals surface area contributed by atoms with Crippen molar-refractivity contribution in [3.8, 4) is 5.88 Å². The molecule has 0 bridgehead atoms. The van der Waals surface area contributed by atoms with E-state index in [4.69, 9.17) is 27.9 Å². The first-order chi connectivity index (χ1) is 13.7. The molecule has 0 N–H and O–H groups in total. The van der Waals surface area contributed by atoms with Crippen LogP contribution in [0.1, 0.15) is 43.1 Å². The van der Waals surface area contributed by atoms with Crippen molar-refractivity contribution in [1.29, 1.82) is 0 Å². The molecule has 0 atom stereocenters. The SMILES string of the molecule is Cc1ccc(C(=O)COc2c(C(=O)c3ccc(Cl)c(C)c3Cl)c(C)nn2C)cc1. The predicted molar refractivity (Wildman–Crippen MR) is 114 cm³/mol. The maximum Gasteiger partial charge on any atom is 0.223 e. The van der Waals surface area contributed by atoms with E-state index in [1.165, 1.54) is 4.68 Å². The molecular formula is C22H20Cl2N2O3. The summed E-state index contributed by atoms with van der Waals surface area (Å²) in [7, 11) is 1.66. The van der Waals surface area contributed by atoms with E-state index in [2.05, 4.69) is 5.10 Å². The molecule has 2 aromatic carbocycles. The molecule has 0 fully saturated rings. The number of Topliss-reactive ketones (excluding diaryl/α,β-unsaturated/α-hetero) is 1. The zero-order valence-electron chi connectivity index (χ0n) is 16.5. The summed E-state index contributed by atoms with van der Waals surface area (Å²) in [6.07, 6.45) is 0. The van der Waals surface area contributed by atoms with Crippen LogP contribution in [-0.4, -0.2) is 28.0 Å². The van der Waals surface area contributed by atoms with E-state index in [1.807, 2.05) is 19.1 Å². The fourth-order valence-electron chi connectivity index (χ4n) is 2.99. The van der Waals surface area contributed by atoms with E-state index in [9.17, 15) is 9.59 Å². The Hall–Kier alpha value is -2.63. The highest BCUT2D eigenvalue weighted by atomic mass is 35.5. The maximum absolute atomic E-state index is 13.2. The molecule has 3 rings (SSSR count). The lowest BCUT2D eigenvalue weighted by Crippen LogP contribution is -2.15. The van der Waals surface area contributed by atoms with Gasteiger partial charge in [-0.3, -0.25) is 9.59 Å². The maximum atomic E-state index is 13.2. The van der Waals surface area contributed by atoms with Gasteiger partial charge in [0.2, 0.25) is 11.7 Å². The van der Waals surface area contributed by atoms with Crippen molar-refractivity contribution >= 4 is 34.8 Å². The van der Waals surface area contributed by atoms with Gasteiger partial charge in [0, 0.05) is 23.2 Å². The molecule has 150 valence electrons. The smallest absolute Gasteiger partial charge is 0.223 e. The molecule has 1 aromatic heterocycles. The van der Waals surface area contributed by atoms with Crippen molar-refractivity contribution in [2.45, 2.75) is 20.8 Å². The van der Waals surface area contributed by atoms with Crippen LogP contribution in [-0.2, 0) is 7.05 Å². The minimum Gasteiger partial charge on any atom is -0.469 e. The monoisotopic (exact) mass is 430 g/mol. The number of aryl methyl sites for hydroxylation is 3. The lowest BCUT2D eigenvalue weighted by atomic mass is 10.0. The zero-order valence-corrected chi connectivity index (χ0v) is 18.1. The van der Waals surface area contributed by atoms with Gasteiger partial charge in [-0.05, 0) is 38.5 Å². The van der Waals surface area contributed by atoms with E-state index in [1.54, 1.807) is 45.2 Å². The third-order valence-electron chi connectivity index (χ3n) is 4.68. The van der Waals surface area contributed by atoms with Gasteiger partial charge in [0.1, 0.15) is 5.56 Å². The average Bonchev–Trinajstić information content (AvgIpc) is 2.97. The van der Waals surface area contributed by atoms with Crippen LogP contribution in [0.5, 0.6) is 5.88 Å². The Kier molecular flexibility index (Phi) is 6.10. The second kappa shape index (κ2) is 8.39. The quantitative estimate of drug-likeness (QED) is 0.507. The standard InChI is InChI=1S/C22H20Cl2N2O3/c1-12-5-7-15(8-6-12)18(27)11-29-22-19(14(3)25-26(22)4)21(28)16-9-10-17(23)13(2)20(16)24/h5-10H,11H2,1-4H3. The van der Waals surface area contributed by atoms with Crippen LogP contribution in [0.25, 0.3) is 0 Å². The fourth-order valence-corrected chi connectivity index (χ4v) is 3.45. The van der Waals surface area contributed by atoms with Gasteiger partial charge in [0.25, 0.3) is 0 Å². The minimum absolute atomic E-state index is 0.192. The van der Waals surface area contributed by atoms with E-state index >= 15 is 0 Å². The number of aromatic nitrogens is 2. The fraction of sp³-hybridized carbons (Fsp3) is 0.227. The second-order valence-electron chi connectivity index (χ2n) is 6.83. The number of halogens is 2. The van der Waals surface area contributed by atoms with Crippen LogP contribution >= 0.6 is 23.2 Å². The molecule has 0 spiro atoms. The molecule has 0 saturated heterocycles. The van der Waals surface area contributed by atoms with Crippen molar-refractivity contribution in [3.63, 3.8) is 0 Å². The number of benzene rings is 2. The number of rotatable bonds is 6. The highest BCUT2D eigenvalue weighted by Crippen LogP contribution is 2.32. The van der Waals surface area contributed by atoms with Crippen molar-refractivity contribution < 1.29 is 14.3 Å². The molecule has 5 nitrogen and oxygen atoms in total. The average molecular weight is 431 g/mol. The molecule has 3 aromatic rings. The Morgan fingerprint density at radius 1 is 1.03 bits per heavy atom. The Bertz CT molecular complexity index is 1100. The molecule has 0 saturated carbocycles. The first-order valence-corrected chi connectivity index (χ1v) is 9.71. The van der Waals surface area contributed by atoms with Crippen LogP contribution < -0.4 is 4.74 Å². The highest BCUT2D eigenvalue weighted by Gasteiger charge is 2.26. The van der Waals surface area contributed by atoms with Crippen molar-refractivity contribution in [2.24, 2.45) is 7.05 Å². The van der Waals surface area contributed by atoms with Gasteiger partial charge >= 0.3 is 0 Å². The second-order valence-corrected chi connectivity index (χ2v) is 7.62. The zero-order chi connectivity index (χ0) is 21.3. The summed E-state index contributed by atoms with van der Waals surface area (Å²) in [5.74, 6) is -0.308. The summed E-state index contributed by atoms with van der Waals surface area (Å²) in [6, 6.07) is 10.4. The van der Waals surface area contributed by atoms with Crippen LogP contribution in [0.2, 0.25) is 10.0 Å². The molecule has 0 radical (unpaired) electrons. The van der Waals surface area contributed by atoms with E-state index in [0.29, 0.717) is 27.4 Å². The normalized spacial score (nSPS) is 10.8. The van der Waals surface area contributed by atoms with Crippen molar-refractivity contribution in [3.05, 3.63) is 80.0 Å². The summed E-state index contributed by atoms with van der Waals surface area (Å²) in [5.41, 5.74) is 3.29. The summed E-state index contributed by atoms with van der Waals surface area (Å²) in [5, 5.41) is 5.05. The number of ether oxygens (including phenoxy) is 1. The van der Waals surface area contributed by atoms with E-state index in [-0.39, 0.29) is 34.6 Å². The number of ketones is 2. The van der Waals surface area contributed by atoms with Crippen LogP contribution in [0.4, 0.5) is 0 Å². The lowest BCUT2D eigenvalue weighted by Gasteiger charge is -2.11. The summed E-state index contributed by atoms with van der Waals surface area (Å²) in [6.45, 7) is 5.19. The van der Waals surface area contributed by atoms with Gasteiger partial charge in [-0.2, -0.15) is 5.10 Å². The number of nitrogens with zero attached hydrogens (tertiary/aromatic N) is 2. The number of hydrogen-bond donors (Lipinski definition) is 0. The minimum atomic E-state index is -0.335. The molecule has 0 aliphatic carbocycles. The first kappa shape index (κ1) is 21.1. The van der Waals surface area contributed by atoms with Gasteiger partial charge in [-0.15, -0.1) is 0 Å². The highest BCUT2D eigenvalue weighted by molar-refractivity contribution is 6.38. The Morgan fingerprint density at radius 2 is 1.69 bits per heavy atom. The third-order valence-corrected chi connectivity index (χ3v) is 5.57. The van der Waals surface area contributed by atoms with Gasteiger partial charge in [0.05, 0.1) is 10.7 Å². The Balaban J connectivity index is 1.90.